The maximum atomic E-state index is 12.9. The van der Waals surface area contributed by atoms with E-state index in [-0.39, 0.29) is 12.1 Å². The number of hydrogen-bond acceptors (Lipinski definition) is 2. The molecule has 2 N–H and O–H groups in total. The van der Waals surface area contributed by atoms with Gasteiger partial charge in [0.1, 0.15) is 0 Å². The Morgan fingerprint density at radius 3 is 2.46 bits per heavy atom. The van der Waals surface area contributed by atoms with Crippen molar-refractivity contribution in [1.29, 1.82) is 0 Å². The third kappa shape index (κ3) is 3.88. The summed E-state index contributed by atoms with van der Waals surface area (Å²) in [5.74, 6) is -0.566. The molecule has 1 aromatic heterocycles. The largest absolute Gasteiger partial charge is 0.416 e. The van der Waals surface area contributed by atoms with E-state index in [1.165, 1.54) is 23.0 Å². The van der Waals surface area contributed by atoms with Crippen LogP contribution in [0, 0.1) is 0 Å². The topological polar surface area (TPSA) is 60.9 Å². The van der Waals surface area contributed by atoms with Crippen LogP contribution in [-0.4, -0.2) is 15.7 Å². The van der Waals surface area contributed by atoms with Crippen LogP contribution in [0.2, 0.25) is 5.02 Å². The quantitative estimate of drug-likeness (QED) is 0.737. The summed E-state index contributed by atoms with van der Waals surface area (Å²) in [6.07, 6.45) is -3.04. The van der Waals surface area contributed by atoms with Crippen molar-refractivity contribution >= 4 is 17.5 Å². The highest BCUT2D eigenvalue weighted by Crippen LogP contribution is 2.31. The minimum Gasteiger partial charge on any atom is -0.369 e. The summed E-state index contributed by atoms with van der Waals surface area (Å²) in [5.41, 5.74) is 6.37. The van der Waals surface area contributed by atoms with Crippen LogP contribution in [0.15, 0.2) is 54.7 Å². The van der Waals surface area contributed by atoms with Crippen molar-refractivity contribution in [3.05, 3.63) is 70.9 Å². The molecule has 26 heavy (non-hydrogen) atoms. The molecular formula is C18H13ClF3N3O. The molecule has 4 nitrogen and oxygen atoms in total. The lowest BCUT2D eigenvalue weighted by molar-refractivity contribution is -0.137. The fraction of sp³-hybridized carbons (Fsp3) is 0.111. The molecular weight excluding hydrogens is 367 g/mol. The van der Waals surface area contributed by atoms with Gasteiger partial charge in [-0.05, 0) is 30.3 Å². The van der Waals surface area contributed by atoms with Gasteiger partial charge in [-0.2, -0.15) is 18.3 Å². The average molecular weight is 380 g/mol. The molecule has 0 saturated carbocycles. The number of rotatable bonds is 4. The van der Waals surface area contributed by atoms with E-state index >= 15 is 0 Å². The second-order valence-corrected chi connectivity index (χ2v) is 6.08. The second-order valence-electron chi connectivity index (χ2n) is 5.65. The Morgan fingerprint density at radius 1 is 1.15 bits per heavy atom. The molecule has 0 atom stereocenters. The van der Waals surface area contributed by atoms with Crippen molar-refractivity contribution in [3.63, 3.8) is 0 Å². The average Bonchev–Trinajstić information content (AvgIpc) is 2.98. The first-order chi connectivity index (χ1) is 12.2. The van der Waals surface area contributed by atoms with Crippen LogP contribution in [0.5, 0.6) is 0 Å². The van der Waals surface area contributed by atoms with Gasteiger partial charge in [0, 0.05) is 22.3 Å². The number of alkyl halides is 3. The van der Waals surface area contributed by atoms with E-state index in [0.717, 1.165) is 12.1 Å². The summed E-state index contributed by atoms with van der Waals surface area (Å²) >= 11 is 5.88. The zero-order valence-corrected chi connectivity index (χ0v) is 14.1. The molecule has 0 aliphatic carbocycles. The first-order valence-electron chi connectivity index (χ1n) is 7.54. The minimum absolute atomic E-state index is 0.0864. The van der Waals surface area contributed by atoms with Crippen molar-refractivity contribution in [2.24, 2.45) is 5.73 Å². The molecule has 2 aromatic carbocycles. The van der Waals surface area contributed by atoms with Gasteiger partial charge >= 0.3 is 6.18 Å². The molecule has 0 aliphatic heterocycles. The number of hydrogen-bond donors (Lipinski definition) is 1. The van der Waals surface area contributed by atoms with Crippen LogP contribution in [-0.2, 0) is 17.4 Å². The van der Waals surface area contributed by atoms with Crippen LogP contribution in [0.4, 0.5) is 13.2 Å². The maximum Gasteiger partial charge on any atom is 0.416 e. The normalized spacial score (nSPS) is 11.5. The summed E-state index contributed by atoms with van der Waals surface area (Å²) in [5, 5.41) is 4.89. The maximum absolute atomic E-state index is 12.9. The zero-order chi connectivity index (χ0) is 18.9. The molecule has 3 rings (SSSR count). The summed E-state index contributed by atoms with van der Waals surface area (Å²) in [4.78, 5) is 11.4. The molecule has 0 spiro atoms. The Labute approximate surface area is 152 Å². The Morgan fingerprint density at radius 2 is 1.85 bits per heavy atom. The van der Waals surface area contributed by atoms with Crippen LogP contribution in [0.3, 0.4) is 0 Å². The lowest BCUT2D eigenvalue weighted by Gasteiger charge is -2.08. The van der Waals surface area contributed by atoms with Gasteiger partial charge in [0.2, 0.25) is 5.91 Å². The van der Waals surface area contributed by atoms with Gasteiger partial charge in [0.25, 0.3) is 0 Å². The lowest BCUT2D eigenvalue weighted by atomic mass is 10.1. The molecule has 8 heteroatoms. The van der Waals surface area contributed by atoms with Crippen molar-refractivity contribution < 1.29 is 18.0 Å². The smallest absolute Gasteiger partial charge is 0.369 e. The van der Waals surface area contributed by atoms with Gasteiger partial charge < -0.3 is 5.73 Å². The number of carbonyl (C=O) groups excluding carboxylic acids is 1. The highest BCUT2D eigenvalue weighted by atomic mass is 35.5. The summed E-state index contributed by atoms with van der Waals surface area (Å²) in [7, 11) is 0. The number of benzene rings is 2. The van der Waals surface area contributed by atoms with E-state index in [1.807, 2.05) is 0 Å². The third-order valence-corrected chi connectivity index (χ3v) is 3.96. The minimum atomic E-state index is -4.46. The van der Waals surface area contributed by atoms with Crippen molar-refractivity contribution in [2.45, 2.75) is 12.6 Å². The first-order valence-corrected chi connectivity index (χ1v) is 7.92. The van der Waals surface area contributed by atoms with Gasteiger partial charge in [-0.15, -0.1) is 0 Å². The third-order valence-electron chi connectivity index (χ3n) is 3.71. The molecule has 3 aromatic rings. The van der Waals surface area contributed by atoms with Gasteiger partial charge in [-0.3, -0.25) is 4.79 Å². The number of aromatic nitrogens is 2. The molecule has 134 valence electrons. The summed E-state index contributed by atoms with van der Waals surface area (Å²) in [6, 6.07) is 11.5. The SMILES string of the molecule is NC(=O)Cc1cn(-c2cccc(C(F)(F)F)c2)nc1-c1ccc(Cl)cc1. The van der Waals surface area contributed by atoms with E-state index in [2.05, 4.69) is 5.10 Å². The first kappa shape index (κ1) is 18.0. The molecule has 1 heterocycles. The summed E-state index contributed by atoms with van der Waals surface area (Å²) in [6.45, 7) is 0. The molecule has 0 radical (unpaired) electrons. The standard InChI is InChI=1S/C18H13ClF3N3O/c19-14-6-4-11(5-7-14)17-12(8-16(23)26)10-25(24-17)15-3-1-2-13(9-15)18(20,21)22/h1-7,9-10H,8H2,(H2,23,26). The van der Waals surface area contributed by atoms with E-state index < -0.39 is 17.6 Å². The van der Waals surface area contributed by atoms with Crippen molar-refractivity contribution in [2.75, 3.05) is 0 Å². The second kappa shape index (κ2) is 6.84. The Bertz CT molecular complexity index is 949. The number of amides is 1. The number of carbonyl (C=O) groups is 1. The van der Waals surface area contributed by atoms with Gasteiger partial charge in [0.15, 0.2) is 0 Å². The summed E-state index contributed by atoms with van der Waals surface area (Å²) < 4.78 is 40.1. The lowest BCUT2D eigenvalue weighted by Crippen LogP contribution is -2.13. The van der Waals surface area contributed by atoms with E-state index in [1.54, 1.807) is 24.3 Å². The fourth-order valence-electron chi connectivity index (χ4n) is 2.53. The predicted octanol–water partition coefficient (Wildman–Crippen LogP) is 4.24. The van der Waals surface area contributed by atoms with Gasteiger partial charge in [-0.25, -0.2) is 4.68 Å². The Hall–Kier alpha value is -2.80. The van der Waals surface area contributed by atoms with Gasteiger partial charge in [-0.1, -0.05) is 29.8 Å². The zero-order valence-electron chi connectivity index (χ0n) is 13.3. The highest BCUT2D eigenvalue weighted by molar-refractivity contribution is 6.30. The predicted molar refractivity (Wildman–Crippen MR) is 91.9 cm³/mol. The number of nitrogens with zero attached hydrogens (tertiary/aromatic N) is 2. The molecule has 0 saturated heterocycles. The van der Waals surface area contributed by atoms with Crippen LogP contribution >= 0.6 is 11.6 Å². The monoisotopic (exact) mass is 379 g/mol. The number of nitrogens with two attached hydrogens (primary N) is 1. The molecule has 1 amide bonds. The molecule has 0 bridgehead atoms. The highest BCUT2D eigenvalue weighted by Gasteiger charge is 2.30. The number of primary amides is 1. The Balaban J connectivity index is 2.09. The van der Waals surface area contributed by atoms with Crippen LogP contribution in [0.25, 0.3) is 16.9 Å². The van der Waals surface area contributed by atoms with Gasteiger partial charge in [0.05, 0.1) is 23.4 Å². The van der Waals surface area contributed by atoms with Crippen LogP contribution < -0.4 is 5.73 Å². The molecule has 0 aliphatic rings. The van der Waals surface area contributed by atoms with E-state index in [9.17, 15) is 18.0 Å². The van der Waals surface area contributed by atoms with Crippen molar-refractivity contribution in [3.8, 4) is 16.9 Å². The van der Waals surface area contributed by atoms with E-state index in [0.29, 0.717) is 21.8 Å². The molecule has 0 unspecified atom stereocenters. The van der Waals surface area contributed by atoms with E-state index in [4.69, 9.17) is 17.3 Å². The molecule has 0 fully saturated rings. The fourth-order valence-corrected chi connectivity index (χ4v) is 2.66. The Kier molecular flexibility index (Phi) is 4.73. The number of halogens is 4. The van der Waals surface area contributed by atoms with Crippen LogP contribution in [0.1, 0.15) is 11.1 Å². The van der Waals surface area contributed by atoms with Crippen molar-refractivity contribution in [1.82, 2.24) is 9.78 Å².